The first-order valence-corrected chi connectivity index (χ1v) is 7.88. The van der Waals surface area contributed by atoms with Crippen LogP contribution < -0.4 is 4.72 Å². The molecular formula is C15H17NO3S. The van der Waals surface area contributed by atoms with Gasteiger partial charge in [-0.3, -0.25) is 0 Å². The molecule has 5 heteroatoms. The van der Waals surface area contributed by atoms with Gasteiger partial charge in [0.15, 0.2) is 0 Å². The van der Waals surface area contributed by atoms with E-state index >= 15 is 0 Å². The number of nitrogens with one attached hydrogen (secondary N) is 1. The van der Waals surface area contributed by atoms with E-state index in [1.54, 1.807) is 25.3 Å². The van der Waals surface area contributed by atoms with E-state index in [4.69, 9.17) is 4.42 Å². The Morgan fingerprint density at radius 1 is 1.20 bits per heavy atom. The maximum absolute atomic E-state index is 11.9. The van der Waals surface area contributed by atoms with Gasteiger partial charge in [0.2, 0.25) is 10.0 Å². The van der Waals surface area contributed by atoms with E-state index in [1.807, 2.05) is 36.4 Å². The van der Waals surface area contributed by atoms with Gasteiger partial charge in [0.1, 0.15) is 5.76 Å². The Bertz CT molecular complexity index is 646. The fourth-order valence-corrected chi connectivity index (χ4v) is 2.88. The molecule has 2 rings (SSSR count). The van der Waals surface area contributed by atoms with Crippen molar-refractivity contribution in [1.82, 2.24) is 4.72 Å². The van der Waals surface area contributed by atoms with Crippen LogP contribution in [0.5, 0.6) is 0 Å². The van der Waals surface area contributed by atoms with Crippen molar-refractivity contribution in [3.63, 3.8) is 0 Å². The topological polar surface area (TPSA) is 59.3 Å². The second-order valence-electron chi connectivity index (χ2n) is 4.56. The number of hydrogen-bond acceptors (Lipinski definition) is 3. The maximum Gasteiger partial charge on any atom is 0.233 e. The molecule has 1 aromatic heterocycles. The Morgan fingerprint density at radius 2 is 1.95 bits per heavy atom. The van der Waals surface area contributed by atoms with Crippen molar-refractivity contribution in [2.75, 3.05) is 0 Å². The summed E-state index contributed by atoms with van der Waals surface area (Å²) < 4.78 is 31.6. The Balaban J connectivity index is 1.95. The van der Waals surface area contributed by atoms with Crippen LogP contribution in [0.25, 0.3) is 6.08 Å². The highest BCUT2D eigenvalue weighted by molar-refractivity contribution is 7.92. The van der Waals surface area contributed by atoms with E-state index in [9.17, 15) is 8.42 Å². The lowest BCUT2D eigenvalue weighted by molar-refractivity contribution is 0.480. The summed E-state index contributed by atoms with van der Waals surface area (Å²) in [5.41, 5.74) is 0.844. The monoisotopic (exact) mass is 291 g/mol. The van der Waals surface area contributed by atoms with E-state index in [-0.39, 0.29) is 6.04 Å². The zero-order valence-corrected chi connectivity index (χ0v) is 12.0. The lowest BCUT2D eigenvalue weighted by Crippen LogP contribution is -2.32. The molecule has 0 saturated heterocycles. The average Bonchev–Trinajstić information content (AvgIpc) is 2.90. The summed E-state index contributed by atoms with van der Waals surface area (Å²) in [5.74, 6) is 0.757. The molecule has 106 valence electrons. The Labute approximate surface area is 119 Å². The summed E-state index contributed by atoms with van der Waals surface area (Å²) in [6.07, 6.45) is 3.67. The number of rotatable bonds is 6. The van der Waals surface area contributed by atoms with Crippen LogP contribution in [0.4, 0.5) is 0 Å². The molecule has 0 aliphatic carbocycles. The molecule has 0 saturated carbocycles. The van der Waals surface area contributed by atoms with Gasteiger partial charge in [0.05, 0.1) is 6.26 Å². The van der Waals surface area contributed by atoms with Crippen LogP contribution >= 0.6 is 0 Å². The lowest BCUT2D eigenvalue weighted by atomic mass is 10.2. The lowest BCUT2D eigenvalue weighted by Gasteiger charge is -2.10. The van der Waals surface area contributed by atoms with Crippen molar-refractivity contribution in [3.8, 4) is 0 Å². The van der Waals surface area contributed by atoms with Crippen LogP contribution in [0.15, 0.2) is 58.6 Å². The minimum Gasteiger partial charge on any atom is -0.469 e. The summed E-state index contributed by atoms with van der Waals surface area (Å²) in [5, 5.41) is 1.18. The van der Waals surface area contributed by atoms with Gasteiger partial charge in [-0.25, -0.2) is 13.1 Å². The highest BCUT2D eigenvalue weighted by Gasteiger charge is 2.12. The number of sulfonamides is 1. The second-order valence-corrected chi connectivity index (χ2v) is 6.16. The highest BCUT2D eigenvalue weighted by atomic mass is 32.2. The first kappa shape index (κ1) is 14.6. The molecule has 1 heterocycles. The van der Waals surface area contributed by atoms with Crippen LogP contribution in [0.3, 0.4) is 0 Å². The molecular weight excluding hydrogens is 274 g/mol. The number of benzene rings is 1. The van der Waals surface area contributed by atoms with Crippen LogP contribution in [0.1, 0.15) is 18.2 Å². The molecule has 4 nitrogen and oxygen atoms in total. The van der Waals surface area contributed by atoms with Gasteiger partial charge in [-0.1, -0.05) is 30.3 Å². The molecule has 20 heavy (non-hydrogen) atoms. The van der Waals surface area contributed by atoms with Crippen molar-refractivity contribution in [3.05, 3.63) is 65.5 Å². The smallest absolute Gasteiger partial charge is 0.233 e. The van der Waals surface area contributed by atoms with Gasteiger partial charge in [-0.15, -0.1) is 0 Å². The van der Waals surface area contributed by atoms with Gasteiger partial charge in [-0.2, -0.15) is 0 Å². The third-order valence-electron chi connectivity index (χ3n) is 2.69. The van der Waals surface area contributed by atoms with Crippen molar-refractivity contribution in [2.24, 2.45) is 0 Å². The van der Waals surface area contributed by atoms with E-state index < -0.39 is 10.0 Å². The van der Waals surface area contributed by atoms with Crippen LogP contribution in [0.2, 0.25) is 0 Å². The van der Waals surface area contributed by atoms with E-state index in [0.29, 0.717) is 6.42 Å². The molecule has 1 unspecified atom stereocenters. The van der Waals surface area contributed by atoms with Crippen LogP contribution in [-0.2, 0) is 16.4 Å². The molecule has 0 aliphatic heterocycles. The zero-order valence-electron chi connectivity index (χ0n) is 11.2. The fraction of sp³-hybridized carbons (Fsp3) is 0.200. The summed E-state index contributed by atoms with van der Waals surface area (Å²) in [6, 6.07) is 12.7. The third kappa shape index (κ3) is 4.68. The maximum atomic E-state index is 11.9. The molecule has 1 N–H and O–H groups in total. The van der Waals surface area contributed by atoms with Crippen molar-refractivity contribution >= 4 is 16.1 Å². The predicted molar refractivity (Wildman–Crippen MR) is 79.4 cm³/mol. The van der Waals surface area contributed by atoms with Gasteiger partial charge in [-0.05, 0) is 30.7 Å². The van der Waals surface area contributed by atoms with Crippen molar-refractivity contribution < 1.29 is 12.8 Å². The summed E-state index contributed by atoms with van der Waals surface area (Å²) in [4.78, 5) is 0. The molecule has 1 atom stereocenters. The van der Waals surface area contributed by atoms with Crippen molar-refractivity contribution in [1.29, 1.82) is 0 Å². The highest BCUT2D eigenvalue weighted by Crippen LogP contribution is 2.06. The minimum absolute atomic E-state index is 0.230. The zero-order chi connectivity index (χ0) is 14.4. The molecule has 0 spiro atoms. The van der Waals surface area contributed by atoms with Gasteiger partial charge in [0, 0.05) is 17.9 Å². The molecule has 0 bridgehead atoms. The van der Waals surface area contributed by atoms with Crippen molar-refractivity contribution in [2.45, 2.75) is 19.4 Å². The average molecular weight is 291 g/mol. The van der Waals surface area contributed by atoms with Crippen LogP contribution in [-0.4, -0.2) is 14.5 Å². The quantitative estimate of drug-likeness (QED) is 0.890. The minimum atomic E-state index is -3.45. The van der Waals surface area contributed by atoms with Gasteiger partial charge in [0.25, 0.3) is 0 Å². The fourth-order valence-electron chi connectivity index (χ4n) is 1.82. The van der Waals surface area contributed by atoms with E-state index in [1.165, 1.54) is 5.41 Å². The largest absolute Gasteiger partial charge is 0.469 e. The number of furan rings is 1. The molecule has 0 radical (unpaired) electrons. The molecule has 0 amide bonds. The summed E-state index contributed by atoms with van der Waals surface area (Å²) in [7, 11) is -3.45. The SMILES string of the molecule is CC(Cc1ccco1)NS(=O)(=O)/C=C/c1ccccc1. The summed E-state index contributed by atoms with van der Waals surface area (Å²) in [6.45, 7) is 1.80. The number of hydrogen-bond donors (Lipinski definition) is 1. The molecule has 0 fully saturated rings. The molecule has 1 aromatic carbocycles. The first-order valence-electron chi connectivity index (χ1n) is 6.33. The third-order valence-corrected chi connectivity index (χ3v) is 3.92. The van der Waals surface area contributed by atoms with Gasteiger partial charge < -0.3 is 4.42 Å². The van der Waals surface area contributed by atoms with E-state index in [2.05, 4.69) is 4.72 Å². The van der Waals surface area contributed by atoms with Gasteiger partial charge >= 0.3 is 0 Å². The molecule has 0 aliphatic rings. The Kier molecular flexibility index (Phi) is 4.76. The predicted octanol–water partition coefficient (Wildman–Crippen LogP) is 2.80. The molecule has 2 aromatic rings. The Morgan fingerprint density at radius 3 is 2.60 bits per heavy atom. The standard InChI is InChI=1S/C15H17NO3S/c1-13(12-15-8-5-10-19-15)16-20(17,18)11-9-14-6-3-2-4-7-14/h2-11,13,16H,12H2,1H3/b11-9+. The summed E-state index contributed by atoms with van der Waals surface area (Å²) >= 11 is 0. The normalized spacial score (nSPS) is 13.7. The second kappa shape index (κ2) is 6.54. The first-order chi connectivity index (χ1) is 9.55. The van der Waals surface area contributed by atoms with Crippen LogP contribution in [0, 0.1) is 0 Å². The Hall–Kier alpha value is -1.85. The van der Waals surface area contributed by atoms with E-state index in [0.717, 1.165) is 11.3 Å².